The molecule has 86 valence electrons. The van der Waals surface area contributed by atoms with E-state index in [2.05, 4.69) is 15.9 Å². The molecule has 1 unspecified atom stereocenters. The van der Waals surface area contributed by atoms with Crippen LogP contribution in [0.25, 0.3) is 0 Å². The number of ether oxygens (including phenoxy) is 1. The third-order valence-corrected chi connectivity index (χ3v) is 2.26. The fourth-order valence-electron chi connectivity index (χ4n) is 0.974. The number of rotatable bonds is 4. The highest BCUT2D eigenvalue weighted by Crippen LogP contribution is 2.30. The molecule has 1 aromatic rings. The maximum Gasteiger partial charge on any atom is 0.344 e. The van der Waals surface area contributed by atoms with Crippen molar-refractivity contribution in [3.63, 3.8) is 0 Å². The summed E-state index contributed by atoms with van der Waals surface area (Å²) >= 11 is 3.08. The number of aliphatic carboxylic acids is 1. The molecule has 0 saturated heterocycles. The highest BCUT2D eigenvalue weighted by molar-refractivity contribution is 9.10. The van der Waals surface area contributed by atoms with Crippen LogP contribution in [0.4, 0.5) is 5.69 Å². The standard InChI is InChI=1S/C9H8BrNO5/c1-5(9(12)13)16-8-3-2-6(10)4-7(8)11(14)15/h2-5H,1H3,(H,12,13). The zero-order valence-corrected chi connectivity index (χ0v) is 9.80. The predicted molar refractivity (Wildman–Crippen MR) is 58.5 cm³/mol. The number of hydrogen-bond donors (Lipinski definition) is 1. The van der Waals surface area contributed by atoms with Gasteiger partial charge in [-0.1, -0.05) is 15.9 Å². The number of carboxylic acids is 1. The van der Waals surface area contributed by atoms with E-state index >= 15 is 0 Å². The number of carboxylic acid groups (broad SMARTS) is 1. The molecule has 0 saturated carbocycles. The Kier molecular flexibility index (Phi) is 3.83. The topological polar surface area (TPSA) is 89.7 Å². The summed E-state index contributed by atoms with van der Waals surface area (Å²) in [6.07, 6.45) is -1.14. The maximum absolute atomic E-state index is 10.7. The van der Waals surface area contributed by atoms with Gasteiger partial charge in [-0.3, -0.25) is 10.1 Å². The van der Waals surface area contributed by atoms with Crippen LogP contribution in [0.1, 0.15) is 6.92 Å². The average Bonchev–Trinajstić information content (AvgIpc) is 2.20. The Bertz CT molecular complexity index is 434. The first-order valence-electron chi connectivity index (χ1n) is 4.25. The summed E-state index contributed by atoms with van der Waals surface area (Å²) in [6.45, 7) is 1.30. The third kappa shape index (κ3) is 2.93. The van der Waals surface area contributed by atoms with Crippen LogP contribution in [-0.4, -0.2) is 22.1 Å². The Morgan fingerprint density at radius 3 is 2.75 bits per heavy atom. The van der Waals surface area contributed by atoms with E-state index in [-0.39, 0.29) is 11.4 Å². The molecular formula is C9H8BrNO5. The van der Waals surface area contributed by atoms with E-state index in [0.29, 0.717) is 4.47 Å². The number of halogens is 1. The van der Waals surface area contributed by atoms with Crippen molar-refractivity contribution in [2.45, 2.75) is 13.0 Å². The van der Waals surface area contributed by atoms with Gasteiger partial charge in [-0.25, -0.2) is 4.79 Å². The lowest BCUT2D eigenvalue weighted by molar-refractivity contribution is -0.386. The van der Waals surface area contributed by atoms with Gasteiger partial charge in [-0.15, -0.1) is 0 Å². The molecule has 7 heteroatoms. The van der Waals surface area contributed by atoms with Crippen LogP contribution in [-0.2, 0) is 4.79 Å². The van der Waals surface area contributed by atoms with Crippen molar-refractivity contribution in [1.82, 2.24) is 0 Å². The highest BCUT2D eigenvalue weighted by atomic mass is 79.9. The van der Waals surface area contributed by atoms with Crippen LogP contribution in [0.5, 0.6) is 5.75 Å². The van der Waals surface area contributed by atoms with Crippen molar-refractivity contribution in [2.24, 2.45) is 0 Å². The molecular weight excluding hydrogens is 282 g/mol. The predicted octanol–water partition coefficient (Wildman–Crippen LogP) is 2.21. The van der Waals surface area contributed by atoms with Gasteiger partial charge in [0.15, 0.2) is 11.9 Å². The van der Waals surface area contributed by atoms with Crippen molar-refractivity contribution in [3.05, 3.63) is 32.8 Å². The lowest BCUT2D eigenvalue weighted by Gasteiger charge is -2.10. The minimum Gasteiger partial charge on any atom is -0.479 e. The largest absolute Gasteiger partial charge is 0.479 e. The van der Waals surface area contributed by atoms with E-state index in [0.717, 1.165) is 0 Å². The van der Waals surface area contributed by atoms with Crippen molar-refractivity contribution >= 4 is 27.6 Å². The van der Waals surface area contributed by atoms with Crippen molar-refractivity contribution in [3.8, 4) is 5.75 Å². The smallest absolute Gasteiger partial charge is 0.344 e. The van der Waals surface area contributed by atoms with E-state index in [1.807, 2.05) is 0 Å². The van der Waals surface area contributed by atoms with Crippen LogP contribution in [0, 0.1) is 10.1 Å². The highest BCUT2D eigenvalue weighted by Gasteiger charge is 2.20. The Balaban J connectivity index is 3.04. The number of hydrogen-bond acceptors (Lipinski definition) is 4. The molecule has 6 nitrogen and oxygen atoms in total. The molecule has 0 amide bonds. The van der Waals surface area contributed by atoms with E-state index in [1.165, 1.54) is 25.1 Å². The molecule has 0 bridgehead atoms. The first kappa shape index (κ1) is 12.4. The summed E-state index contributed by atoms with van der Waals surface area (Å²) in [4.78, 5) is 20.6. The van der Waals surface area contributed by atoms with E-state index in [9.17, 15) is 14.9 Å². The molecule has 0 spiro atoms. The zero-order valence-electron chi connectivity index (χ0n) is 8.21. The lowest BCUT2D eigenvalue weighted by Crippen LogP contribution is -2.23. The summed E-state index contributed by atoms with van der Waals surface area (Å²) in [5, 5.41) is 19.3. The van der Waals surface area contributed by atoms with E-state index in [4.69, 9.17) is 9.84 Å². The molecule has 0 aliphatic carbocycles. The number of nitrogens with zero attached hydrogens (tertiary/aromatic N) is 1. The molecule has 16 heavy (non-hydrogen) atoms. The van der Waals surface area contributed by atoms with Gasteiger partial charge in [-0.05, 0) is 19.1 Å². The van der Waals surface area contributed by atoms with Crippen LogP contribution >= 0.6 is 15.9 Å². The minimum atomic E-state index is -1.18. The van der Waals surface area contributed by atoms with E-state index < -0.39 is 17.0 Å². The SMILES string of the molecule is CC(Oc1ccc(Br)cc1[N+](=O)[O-])C(=O)O. The van der Waals surface area contributed by atoms with Gasteiger partial charge < -0.3 is 9.84 Å². The Morgan fingerprint density at radius 1 is 1.62 bits per heavy atom. The van der Waals surface area contributed by atoms with Gasteiger partial charge in [0.2, 0.25) is 0 Å². The van der Waals surface area contributed by atoms with Crippen LogP contribution < -0.4 is 4.74 Å². The molecule has 0 heterocycles. The molecule has 0 radical (unpaired) electrons. The quantitative estimate of drug-likeness (QED) is 0.678. The maximum atomic E-state index is 10.7. The summed E-state index contributed by atoms with van der Waals surface area (Å²) in [7, 11) is 0. The second kappa shape index (κ2) is 4.93. The van der Waals surface area contributed by atoms with Gasteiger partial charge in [0, 0.05) is 10.5 Å². The second-order valence-electron chi connectivity index (χ2n) is 2.97. The molecule has 0 aromatic heterocycles. The molecule has 1 rings (SSSR count). The molecule has 1 N–H and O–H groups in total. The molecule has 0 fully saturated rings. The summed E-state index contributed by atoms with van der Waals surface area (Å²) in [5.74, 6) is -1.25. The lowest BCUT2D eigenvalue weighted by atomic mass is 10.3. The monoisotopic (exact) mass is 289 g/mol. The Labute approximate surface area is 99.1 Å². The van der Waals surface area contributed by atoms with Crippen LogP contribution in [0.15, 0.2) is 22.7 Å². The van der Waals surface area contributed by atoms with Crippen molar-refractivity contribution < 1.29 is 19.6 Å². The molecule has 1 aromatic carbocycles. The van der Waals surface area contributed by atoms with Gasteiger partial charge in [0.1, 0.15) is 0 Å². The number of nitro benzene ring substituents is 1. The van der Waals surface area contributed by atoms with Gasteiger partial charge in [0.05, 0.1) is 4.92 Å². The molecule has 0 aliphatic heterocycles. The third-order valence-electron chi connectivity index (χ3n) is 1.77. The second-order valence-corrected chi connectivity index (χ2v) is 3.88. The molecule has 1 atom stereocenters. The van der Waals surface area contributed by atoms with Gasteiger partial charge in [0.25, 0.3) is 0 Å². The number of carbonyl (C=O) groups is 1. The Morgan fingerprint density at radius 2 is 2.25 bits per heavy atom. The first-order valence-corrected chi connectivity index (χ1v) is 5.04. The number of benzene rings is 1. The first-order chi connectivity index (χ1) is 7.41. The number of nitro groups is 1. The molecule has 0 aliphatic rings. The minimum absolute atomic E-state index is 0.0666. The van der Waals surface area contributed by atoms with E-state index in [1.54, 1.807) is 0 Å². The summed E-state index contributed by atoms with van der Waals surface area (Å²) < 4.78 is 5.48. The van der Waals surface area contributed by atoms with Gasteiger partial charge in [-0.2, -0.15) is 0 Å². The van der Waals surface area contributed by atoms with Gasteiger partial charge >= 0.3 is 11.7 Å². The fourth-order valence-corrected chi connectivity index (χ4v) is 1.32. The van der Waals surface area contributed by atoms with Crippen molar-refractivity contribution in [1.29, 1.82) is 0 Å². The van der Waals surface area contributed by atoms with Crippen LogP contribution in [0.2, 0.25) is 0 Å². The zero-order chi connectivity index (χ0) is 12.3. The fraction of sp³-hybridized carbons (Fsp3) is 0.222. The Hall–Kier alpha value is -1.63. The summed E-state index contributed by atoms with van der Waals surface area (Å²) in [6, 6.07) is 4.14. The average molecular weight is 290 g/mol. The van der Waals surface area contributed by atoms with Crippen LogP contribution in [0.3, 0.4) is 0 Å². The normalized spacial score (nSPS) is 11.9. The van der Waals surface area contributed by atoms with Crippen molar-refractivity contribution in [2.75, 3.05) is 0 Å². The summed E-state index contributed by atoms with van der Waals surface area (Å²) in [5.41, 5.74) is -0.275.